The summed E-state index contributed by atoms with van der Waals surface area (Å²) in [6.07, 6.45) is -1.75. The Balaban J connectivity index is 0.000000549. The van der Waals surface area contributed by atoms with Gasteiger partial charge in [-0.15, -0.1) is 13.2 Å². The van der Waals surface area contributed by atoms with Crippen molar-refractivity contribution in [2.45, 2.75) is 11.3 Å². The molecule has 0 spiro atoms. The average molecular weight is 541 g/mol. The number of halogens is 3. The Bertz CT molecular complexity index is 1170. The number of benzene rings is 2. The summed E-state index contributed by atoms with van der Waals surface area (Å²) >= 11 is -2.27. The summed E-state index contributed by atoms with van der Waals surface area (Å²) in [5.41, 5.74) is 6.08. The molecule has 14 heteroatoms. The highest BCUT2D eigenvalue weighted by Gasteiger charge is 2.31. The Morgan fingerprint density at radius 1 is 1.03 bits per heavy atom. The van der Waals surface area contributed by atoms with Crippen LogP contribution in [0.1, 0.15) is 1.43 Å². The number of ether oxygens (including phenoxy) is 2. The van der Waals surface area contributed by atoms with Gasteiger partial charge in [0.25, 0.3) is 5.91 Å². The molecule has 3 aromatic rings. The van der Waals surface area contributed by atoms with E-state index in [2.05, 4.69) is 14.7 Å². The van der Waals surface area contributed by atoms with Crippen molar-refractivity contribution in [3.8, 4) is 11.5 Å². The number of carbonyl (C=O) groups is 1. The molecule has 0 saturated carbocycles. The number of nitrogens with zero attached hydrogens (tertiary/aromatic N) is 4. The van der Waals surface area contributed by atoms with Gasteiger partial charge in [-0.05, 0) is 65.7 Å². The largest absolute Gasteiger partial charge is 0.768 e. The molecule has 1 fully saturated rings. The third kappa shape index (κ3) is 9.24. The molecule has 1 amide bonds. The number of anilines is 2. The molecule has 2 N–H and O–H groups in total. The van der Waals surface area contributed by atoms with Crippen molar-refractivity contribution in [1.29, 1.82) is 0 Å². The smallest absolute Gasteiger partial charge is 0.573 e. The first-order chi connectivity index (χ1) is 17.6. The molecule has 4 rings (SSSR count). The van der Waals surface area contributed by atoms with E-state index in [0.717, 1.165) is 17.8 Å². The van der Waals surface area contributed by atoms with Crippen molar-refractivity contribution in [2.75, 3.05) is 43.4 Å². The maximum absolute atomic E-state index is 12.3. The summed E-state index contributed by atoms with van der Waals surface area (Å²) in [6.45, 7) is 1.86. The first kappa shape index (κ1) is 27.7. The number of nitrogen functional groups attached to an aromatic ring is 1. The van der Waals surface area contributed by atoms with Gasteiger partial charge in [0.2, 0.25) is 0 Å². The van der Waals surface area contributed by atoms with Gasteiger partial charge < -0.3 is 29.6 Å². The molecule has 2 aromatic carbocycles. The first-order valence-electron chi connectivity index (χ1n) is 10.8. The van der Waals surface area contributed by atoms with Gasteiger partial charge in [-0.1, -0.05) is 0 Å². The molecule has 1 saturated heterocycles. The third-order valence-corrected chi connectivity index (χ3v) is 5.71. The number of carbonyl (C=O) groups excluding carboxylic acids is 1. The second-order valence-electron chi connectivity index (χ2n) is 7.54. The van der Waals surface area contributed by atoms with Crippen LogP contribution in [0.4, 0.5) is 24.7 Å². The zero-order valence-electron chi connectivity index (χ0n) is 19.3. The Morgan fingerprint density at radius 2 is 1.65 bits per heavy atom. The number of rotatable bonds is 6. The number of nitrogens with two attached hydrogens (primary N) is 1. The molecule has 0 bridgehead atoms. The topological polar surface area (TPSA) is 134 Å². The fourth-order valence-electron chi connectivity index (χ4n) is 3.26. The number of hydrogen-bond donors (Lipinski definition) is 1. The molecule has 1 aliphatic heterocycles. The van der Waals surface area contributed by atoms with Gasteiger partial charge in [-0.25, -0.2) is 9.97 Å². The highest BCUT2D eigenvalue weighted by Crippen LogP contribution is 2.25. The van der Waals surface area contributed by atoms with Crippen LogP contribution in [0.25, 0.3) is 0 Å². The Hall–Kier alpha value is -3.91. The van der Waals surface area contributed by atoms with Crippen molar-refractivity contribution in [3.05, 3.63) is 67.1 Å². The lowest BCUT2D eigenvalue weighted by atomic mass is 10.2. The highest BCUT2D eigenvalue weighted by atomic mass is 32.2. The van der Waals surface area contributed by atoms with E-state index in [9.17, 15) is 26.7 Å². The maximum Gasteiger partial charge on any atom is 0.573 e. The fraction of sp³-hybridized carbons (Fsp3) is 0.261. The molecule has 2 heterocycles. The van der Waals surface area contributed by atoms with Crippen LogP contribution in [-0.4, -0.2) is 68.7 Å². The van der Waals surface area contributed by atoms with Crippen molar-refractivity contribution >= 4 is 28.5 Å². The molecule has 1 unspecified atom stereocenters. The molecule has 1 atom stereocenters. The molecule has 10 nitrogen and oxygen atoms in total. The van der Waals surface area contributed by atoms with E-state index >= 15 is 0 Å². The number of piperazine rings is 1. The van der Waals surface area contributed by atoms with Gasteiger partial charge in [0.05, 0.1) is 0 Å². The summed E-state index contributed by atoms with van der Waals surface area (Å²) in [6, 6.07) is 12.9. The molecular formula is C23H25F3N5O5S-. The molecular weight excluding hydrogens is 515 g/mol. The minimum Gasteiger partial charge on any atom is -0.768 e. The number of hydrogen-bond acceptors (Lipinski definition) is 9. The summed E-state index contributed by atoms with van der Waals surface area (Å²) in [5, 5.41) is 0. The van der Waals surface area contributed by atoms with Crippen LogP contribution in [0, 0.1) is 0 Å². The average Bonchev–Trinajstić information content (AvgIpc) is 2.88. The Kier molecular flexibility index (Phi) is 9.63. The summed E-state index contributed by atoms with van der Waals surface area (Å²) < 4.78 is 67.4. The van der Waals surface area contributed by atoms with Crippen molar-refractivity contribution in [2.24, 2.45) is 0 Å². The number of alkyl halides is 3. The Morgan fingerprint density at radius 3 is 2.14 bits per heavy atom. The van der Waals surface area contributed by atoms with Crippen LogP contribution < -0.4 is 20.1 Å². The summed E-state index contributed by atoms with van der Waals surface area (Å²) in [7, 11) is 0. The van der Waals surface area contributed by atoms with Crippen LogP contribution in [0.2, 0.25) is 0 Å². The van der Waals surface area contributed by atoms with Crippen LogP contribution in [-0.2, 0) is 15.9 Å². The fourth-order valence-corrected chi connectivity index (χ4v) is 3.62. The van der Waals surface area contributed by atoms with E-state index in [1.54, 1.807) is 29.3 Å². The molecule has 0 radical (unpaired) electrons. The van der Waals surface area contributed by atoms with Gasteiger partial charge >= 0.3 is 6.36 Å². The summed E-state index contributed by atoms with van der Waals surface area (Å²) in [5.74, 6) is 0.163. The second-order valence-corrected chi connectivity index (χ2v) is 8.48. The Labute approximate surface area is 214 Å². The minimum absolute atomic E-state index is 0. The predicted octanol–water partition coefficient (Wildman–Crippen LogP) is 2.86. The van der Waals surface area contributed by atoms with Gasteiger partial charge in [0.15, 0.2) is 6.61 Å². The summed E-state index contributed by atoms with van der Waals surface area (Å²) in [4.78, 5) is 23.5. The minimum atomic E-state index is -4.77. The number of amides is 1. The SMILES string of the molecule is Nc1ccncn1.O=C(COc1ccc(OC(F)(F)F)cc1)N1CCN(c2ccc(S(=O)[O-])cc2)CC1.[HH]. The van der Waals surface area contributed by atoms with Gasteiger partial charge in [-0.2, -0.15) is 0 Å². The van der Waals surface area contributed by atoms with E-state index in [0.29, 0.717) is 32.0 Å². The maximum atomic E-state index is 12.3. The molecule has 37 heavy (non-hydrogen) atoms. The second kappa shape index (κ2) is 12.9. The lowest BCUT2D eigenvalue weighted by molar-refractivity contribution is -0.274. The van der Waals surface area contributed by atoms with E-state index < -0.39 is 17.4 Å². The molecule has 200 valence electrons. The van der Waals surface area contributed by atoms with Gasteiger partial charge in [0.1, 0.15) is 23.6 Å². The van der Waals surface area contributed by atoms with Gasteiger partial charge in [0, 0.05) is 44.4 Å². The van der Waals surface area contributed by atoms with E-state index in [1.807, 2.05) is 4.90 Å². The van der Waals surface area contributed by atoms with Crippen molar-refractivity contribution in [3.63, 3.8) is 0 Å². The molecule has 1 aliphatic rings. The highest BCUT2D eigenvalue weighted by molar-refractivity contribution is 7.79. The first-order valence-corrected chi connectivity index (χ1v) is 11.9. The van der Waals surface area contributed by atoms with E-state index in [-0.39, 0.29) is 30.3 Å². The van der Waals surface area contributed by atoms with E-state index in [4.69, 9.17) is 10.5 Å². The number of aromatic nitrogens is 2. The zero-order valence-corrected chi connectivity index (χ0v) is 20.2. The zero-order chi connectivity index (χ0) is 26.8. The lowest BCUT2D eigenvalue weighted by Crippen LogP contribution is -2.50. The van der Waals surface area contributed by atoms with Gasteiger partial charge in [-0.3, -0.25) is 9.00 Å². The van der Waals surface area contributed by atoms with Crippen molar-refractivity contribution in [1.82, 2.24) is 14.9 Å². The van der Waals surface area contributed by atoms with Crippen molar-refractivity contribution < 1.29 is 37.6 Å². The molecule has 1 aromatic heterocycles. The molecule has 0 aliphatic carbocycles. The monoisotopic (exact) mass is 540 g/mol. The standard InChI is InChI=1S/C19H19F3N2O5S.C4H5N3.H2/c20-19(21,22)29-16-5-3-15(4-6-16)28-13-18(25)24-11-9-23(10-12-24)14-1-7-17(8-2-14)30(26)27;5-4-1-2-6-3-7-4;/h1-8H,9-13H2,(H,26,27);1-3H,(H2,5,6,7);1H/p-1. The van der Waals surface area contributed by atoms with E-state index in [1.165, 1.54) is 30.6 Å². The van der Waals surface area contributed by atoms with Crippen LogP contribution in [0.3, 0.4) is 0 Å². The normalized spacial score (nSPS) is 14.3. The third-order valence-electron chi connectivity index (χ3n) is 5.05. The predicted molar refractivity (Wildman–Crippen MR) is 130 cm³/mol. The van der Waals surface area contributed by atoms with Crippen LogP contribution in [0.15, 0.2) is 72.0 Å². The quantitative estimate of drug-likeness (QED) is 0.469. The van der Waals surface area contributed by atoms with Crippen LogP contribution >= 0.6 is 0 Å². The lowest BCUT2D eigenvalue weighted by Gasteiger charge is -2.36. The van der Waals surface area contributed by atoms with Crippen LogP contribution in [0.5, 0.6) is 11.5 Å².